The zero-order valence-electron chi connectivity index (χ0n) is 19.6. The van der Waals surface area contributed by atoms with Crippen LogP contribution in [-0.4, -0.2) is 20.9 Å². The quantitative estimate of drug-likeness (QED) is 0.345. The van der Waals surface area contributed by atoms with Gasteiger partial charge in [0.2, 0.25) is 0 Å². The minimum atomic E-state index is -0.163. The average Bonchev–Trinajstić information content (AvgIpc) is 3.51. The monoisotopic (exact) mass is 482 g/mol. The molecule has 176 valence electrons. The van der Waals surface area contributed by atoms with E-state index in [0.717, 1.165) is 38.6 Å². The summed E-state index contributed by atoms with van der Waals surface area (Å²) < 4.78 is 0. The number of nitrogens with two attached hydrogens (primary N) is 1. The van der Waals surface area contributed by atoms with Crippen molar-refractivity contribution in [1.82, 2.24) is 20.3 Å². The number of pyridine rings is 1. The van der Waals surface area contributed by atoms with Crippen molar-refractivity contribution in [2.24, 2.45) is 0 Å². The molecule has 7 nitrogen and oxygen atoms in total. The van der Waals surface area contributed by atoms with Gasteiger partial charge in [-0.15, -0.1) is 11.3 Å². The summed E-state index contributed by atoms with van der Waals surface area (Å²) in [6, 6.07) is 15.8. The predicted molar refractivity (Wildman–Crippen MR) is 140 cm³/mol. The zero-order valence-corrected chi connectivity index (χ0v) is 20.4. The third kappa shape index (κ3) is 4.79. The van der Waals surface area contributed by atoms with Crippen molar-refractivity contribution in [2.75, 3.05) is 11.1 Å². The molecule has 1 atom stereocenters. The molecule has 4 N–H and O–H groups in total. The molecule has 0 unspecified atom stereocenters. The highest BCUT2D eigenvalue weighted by atomic mass is 32.1. The lowest BCUT2D eigenvalue weighted by molar-refractivity contribution is 0.0940. The van der Waals surface area contributed by atoms with Gasteiger partial charge in [0, 0.05) is 33.5 Å². The van der Waals surface area contributed by atoms with E-state index in [0.29, 0.717) is 23.7 Å². The van der Waals surface area contributed by atoms with Crippen LogP contribution >= 0.6 is 11.3 Å². The molecule has 0 fully saturated rings. The van der Waals surface area contributed by atoms with Crippen molar-refractivity contribution < 1.29 is 4.79 Å². The number of allylic oxidation sites excluding steroid dienone is 1. The maximum absolute atomic E-state index is 13.0. The van der Waals surface area contributed by atoms with Gasteiger partial charge in [-0.1, -0.05) is 35.9 Å². The number of carbonyl (C=O) groups excluding carboxylic acids is 1. The highest BCUT2D eigenvalue weighted by Crippen LogP contribution is 2.37. The third-order valence-corrected chi connectivity index (χ3v) is 7.18. The lowest BCUT2D eigenvalue weighted by Gasteiger charge is -2.16. The summed E-state index contributed by atoms with van der Waals surface area (Å²) in [6.07, 6.45) is 6.10. The summed E-state index contributed by atoms with van der Waals surface area (Å²) in [5.41, 5.74) is 11.9. The zero-order chi connectivity index (χ0) is 24.4. The van der Waals surface area contributed by atoms with Gasteiger partial charge in [-0.2, -0.15) is 0 Å². The van der Waals surface area contributed by atoms with Crippen molar-refractivity contribution in [3.8, 4) is 0 Å². The van der Waals surface area contributed by atoms with Gasteiger partial charge in [-0.05, 0) is 43.7 Å². The molecule has 5 rings (SSSR count). The van der Waals surface area contributed by atoms with Crippen LogP contribution in [0.3, 0.4) is 0 Å². The Labute approximate surface area is 208 Å². The largest absolute Gasteiger partial charge is 0.383 e. The number of rotatable bonds is 7. The molecule has 35 heavy (non-hydrogen) atoms. The lowest BCUT2D eigenvalue weighted by Crippen LogP contribution is -2.27. The Hall–Kier alpha value is -4.04. The second kappa shape index (κ2) is 9.68. The van der Waals surface area contributed by atoms with Crippen LogP contribution < -0.4 is 16.4 Å². The second-order valence-corrected chi connectivity index (χ2v) is 9.70. The first-order valence-corrected chi connectivity index (χ1v) is 12.3. The SMILES string of the molecule is Cc1ccc([C@H](C)NC(=O)c2cccnc2NCc2ccc(C3=CCc4ncnc(N)c43)s2)cc1. The number of nitrogen functional groups attached to an aromatic ring is 1. The topological polar surface area (TPSA) is 106 Å². The van der Waals surface area contributed by atoms with E-state index >= 15 is 0 Å². The molecule has 3 aromatic heterocycles. The number of fused-ring (bicyclic) bond motifs is 1. The van der Waals surface area contributed by atoms with Gasteiger partial charge in [-0.25, -0.2) is 15.0 Å². The Kier molecular flexibility index (Phi) is 6.29. The third-order valence-electron chi connectivity index (χ3n) is 6.06. The summed E-state index contributed by atoms with van der Waals surface area (Å²) in [7, 11) is 0. The molecule has 4 aromatic rings. The maximum Gasteiger partial charge on any atom is 0.255 e. The molecule has 0 saturated carbocycles. The van der Waals surface area contributed by atoms with E-state index in [1.54, 1.807) is 29.7 Å². The van der Waals surface area contributed by atoms with E-state index in [4.69, 9.17) is 5.73 Å². The molecule has 0 radical (unpaired) electrons. The number of hydrogen-bond acceptors (Lipinski definition) is 7. The van der Waals surface area contributed by atoms with Gasteiger partial charge in [0.1, 0.15) is 18.0 Å². The molecule has 0 spiro atoms. The van der Waals surface area contributed by atoms with Crippen molar-refractivity contribution in [3.63, 3.8) is 0 Å². The Balaban J connectivity index is 1.27. The number of nitrogens with one attached hydrogen (secondary N) is 2. The van der Waals surface area contributed by atoms with Gasteiger partial charge in [0.25, 0.3) is 5.91 Å². The van der Waals surface area contributed by atoms with Gasteiger partial charge in [0.05, 0.1) is 23.8 Å². The van der Waals surface area contributed by atoms with Crippen LogP contribution in [0.5, 0.6) is 0 Å². The van der Waals surface area contributed by atoms with Crippen molar-refractivity contribution in [3.05, 3.63) is 105 Å². The van der Waals surface area contributed by atoms with E-state index in [9.17, 15) is 4.79 Å². The number of amides is 1. The molecule has 1 aliphatic carbocycles. The molecule has 3 heterocycles. The van der Waals surface area contributed by atoms with E-state index in [1.807, 2.05) is 38.1 Å². The lowest BCUT2D eigenvalue weighted by atomic mass is 10.1. The Morgan fingerprint density at radius 3 is 2.77 bits per heavy atom. The summed E-state index contributed by atoms with van der Waals surface area (Å²) in [6.45, 7) is 4.58. The van der Waals surface area contributed by atoms with Crippen LogP contribution in [0.1, 0.15) is 55.5 Å². The standard InChI is InChI=1S/C27H26N6OS/c1-16-5-7-18(8-6-16)17(2)33-27(34)21-4-3-13-29-26(21)30-14-19-9-12-23(35-19)20-10-11-22-24(20)25(28)32-15-31-22/h3-10,12-13,15,17H,11,14H2,1-2H3,(H,29,30)(H,33,34)(H2,28,31,32)/t17-/m0/s1. The molecule has 1 amide bonds. The van der Waals surface area contributed by atoms with Crippen molar-refractivity contribution in [1.29, 1.82) is 0 Å². The fourth-order valence-corrected chi connectivity index (χ4v) is 5.14. The number of nitrogens with zero attached hydrogens (tertiary/aromatic N) is 3. The van der Waals surface area contributed by atoms with Gasteiger partial charge in [0.15, 0.2) is 0 Å². The molecule has 0 bridgehead atoms. The number of anilines is 2. The van der Waals surface area contributed by atoms with Gasteiger partial charge >= 0.3 is 0 Å². The highest BCUT2D eigenvalue weighted by Gasteiger charge is 2.22. The van der Waals surface area contributed by atoms with Crippen LogP contribution in [0.25, 0.3) is 5.57 Å². The first-order valence-electron chi connectivity index (χ1n) is 11.4. The fraction of sp³-hybridized carbons (Fsp3) is 0.185. The van der Waals surface area contributed by atoms with Gasteiger partial charge in [-0.3, -0.25) is 4.79 Å². The van der Waals surface area contributed by atoms with Gasteiger partial charge < -0.3 is 16.4 Å². The maximum atomic E-state index is 13.0. The number of thiophene rings is 1. The molecule has 1 aromatic carbocycles. The minimum Gasteiger partial charge on any atom is -0.383 e. The summed E-state index contributed by atoms with van der Waals surface area (Å²) in [4.78, 5) is 28.2. The first kappa shape index (κ1) is 22.7. The summed E-state index contributed by atoms with van der Waals surface area (Å²) >= 11 is 1.67. The number of aromatic nitrogens is 3. The normalized spacial score (nSPS) is 13.1. The Morgan fingerprint density at radius 1 is 1.11 bits per heavy atom. The predicted octanol–water partition coefficient (Wildman–Crippen LogP) is 4.91. The van der Waals surface area contributed by atoms with E-state index < -0.39 is 0 Å². The van der Waals surface area contributed by atoms with Crippen LogP contribution in [0, 0.1) is 6.92 Å². The molecule has 0 saturated heterocycles. The molecule has 0 aliphatic heterocycles. The summed E-state index contributed by atoms with van der Waals surface area (Å²) in [5, 5.41) is 6.41. The number of aryl methyl sites for hydroxylation is 1. The van der Waals surface area contributed by atoms with E-state index in [-0.39, 0.29) is 11.9 Å². The number of benzene rings is 1. The Morgan fingerprint density at radius 2 is 1.94 bits per heavy atom. The molecular formula is C27H26N6OS. The number of hydrogen-bond donors (Lipinski definition) is 3. The molecule has 8 heteroatoms. The second-order valence-electron chi connectivity index (χ2n) is 8.53. The van der Waals surface area contributed by atoms with Crippen molar-refractivity contribution >= 4 is 34.5 Å². The van der Waals surface area contributed by atoms with Crippen LogP contribution in [0.4, 0.5) is 11.6 Å². The van der Waals surface area contributed by atoms with Crippen molar-refractivity contribution in [2.45, 2.75) is 32.9 Å². The first-order chi connectivity index (χ1) is 17.0. The fourth-order valence-electron chi connectivity index (χ4n) is 4.14. The van der Waals surface area contributed by atoms with Crippen LogP contribution in [0.2, 0.25) is 0 Å². The summed E-state index contributed by atoms with van der Waals surface area (Å²) in [5.74, 6) is 0.902. The average molecular weight is 483 g/mol. The minimum absolute atomic E-state index is 0.116. The van der Waals surface area contributed by atoms with E-state index in [1.165, 1.54) is 11.9 Å². The van der Waals surface area contributed by atoms with E-state index in [2.05, 4.69) is 43.8 Å². The molecule has 1 aliphatic rings. The van der Waals surface area contributed by atoms with Crippen LogP contribution in [-0.2, 0) is 13.0 Å². The highest BCUT2D eigenvalue weighted by molar-refractivity contribution is 7.13. The smallest absolute Gasteiger partial charge is 0.255 e. The van der Waals surface area contributed by atoms with Crippen LogP contribution in [0.15, 0.2) is 67.1 Å². The Bertz CT molecular complexity index is 1410. The molecular weight excluding hydrogens is 456 g/mol. The number of carbonyl (C=O) groups is 1.